The molecule has 2 heterocycles. The zero-order valence-electron chi connectivity index (χ0n) is 17.9. The molecule has 0 bridgehead atoms. The van der Waals surface area contributed by atoms with Crippen LogP contribution >= 0.6 is 0 Å². The molecule has 0 saturated heterocycles. The number of hydrogen-bond acceptors (Lipinski definition) is 4. The minimum absolute atomic E-state index is 0.0619. The van der Waals surface area contributed by atoms with Gasteiger partial charge in [-0.05, 0) is 55.0 Å². The lowest BCUT2D eigenvalue weighted by Crippen LogP contribution is -2.29. The third-order valence-corrected chi connectivity index (χ3v) is 5.65. The molecule has 7 nitrogen and oxygen atoms in total. The van der Waals surface area contributed by atoms with Crippen LogP contribution in [0.3, 0.4) is 0 Å². The summed E-state index contributed by atoms with van der Waals surface area (Å²) < 4.78 is 5.67. The van der Waals surface area contributed by atoms with E-state index in [0.717, 1.165) is 10.9 Å². The molecule has 0 spiro atoms. The van der Waals surface area contributed by atoms with Crippen LogP contribution < -0.4 is 10.1 Å². The van der Waals surface area contributed by atoms with Crippen molar-refractivity contribution in [1.29, 1.82) is 0 Å². The van der Waals surface area contributed by atoms with E-state index in [-0.39, 0.29) is 24.3 Å². The average molecular weight is 439 g/mol. The number of anilines is 1. The van der Waals surface area contributed by atoms with Crippen molar-refractivity contribution in [3.8, 4) is 5.75 Å². The number of benzene rings is 3. The summed E-state index contributed by atoms with van der Waals surface area (Å²) in [6, 6.07) is 19.4. The second-order valence-corrected chi connectivity index (χ2v) is 7.70. The van der Waals surface area contributed by atoms with Crippen LogP contribution in [0.25, 0.3) is 10.9 Å². The summed E-state index contributed by atoms with van der Waals surface area (Å²) in [7, 11) is 0. The van der Waals surface area contributed by atoms with Crippen LogP contribution in [0.5, 0.6) is 5.75 Å². The predicted octanol–water partition coefficient (Wildman–Crippen LogP) is 4.62. The van der Waals surface area contributed by atoms with Crippen LogP contribution in [-0.4, -0.2) is 34.2 Å². The molecule has 0 radical (unpaired) electrons. The van der Waals surface area contributed by atoms with Gasteiger partial charge in [-0.3, -0.25) is 19.3 Å². The molecule has 1 aliphatic rings. The number of amides is 3. The molecule has 0 saturated carbocycles. The summed E-state index contributed by atoms with van der Waals surface area (Å²) in [5.74, 6) is -0.581. The van der Waals surface area contributed by atoms with E-state index in [2.05, 4.69) is 10.3 Å². The first-order valence-electron chi connectivity index (χ1n) is 10.6. The maximum atomic E-state index is 13.2. The number of rotatable bonds is 6. The van der Waals surface area contributed by atoms with E-state index < -0.39 is 0 Å². The van der Waals surface area contributed by atoms with Crippen molar-refractivity contribution in [2.45, 2.75) is 13.5 Å². The van der Waals surface area contributed by atoms with Gasteiger partial charge in [-0.15, -0.1) is 0 Å². The maximum absolute atomic E-state index is 13.2. The van der Waals surface area contributed by atoms with Gasteiger partial charge in [-0.25, -0.2) is 0 Å². The molecule has 5 rings (SSSR count). The van der Waals surface area contributed by atoms with E-state index in [1.165, 1.54) is 4.90 Å². The van der Waals surface area contributed by atoms with Crippen LogP contribution in [0.1, 0.15) is 43.6 Å². The molecule has 0 aliphatic carbocycles. The Morgan fingerprint density at radius 1 is 0.970 bits per heavy atom. The summed E-state index contributed by atoms with van der Waals surface area (Å²) in [5, 5.41) is 3.85. The van der Waals surface area contributed by atoms with Crippen LogP contribution in [0.4, 0.5) is 5.69 Å². The van der Waals surface area contributed by atoms with Gasteiger partial charge in [0.1, 0.15) is 5.75 Å². The highest BCUT2D eigenvalue weighted by Crippen LogP contribution is 2.28. The fourth-order valence-corrected chi connectivity index (χ4v) is 4.08. The number of aromatic amines is 1. The van der Waals surface area contributed by atoms with Gasteiger partial charge in [0.25, 0.3) is 17.7 Å². The summed E-state index contributed by atoms with van der Waals surface area (Å²) in [6.07, 6.45) is 1.81. The van der Waals surface area contributed by atoms with Crippen molar-refractivity contribution < 1.29 is 19.1 Å². The Morgan fingerprint density at radius 2 is 1.73 bits per heavy atom. The lowest BCUT2D eigenvalue weighted by atomic mass is 10.1. The first-order chi connectivity index (χ1) is 16.1. The number of nitrogens with zero attached hydrogens (tertiary/aromatic N) is 1. The largest absolute Gasteiger partial charge is 0.493 e. The third-order valence-electron chi connectivity index (χ3n) is 5.65. The Balaban J connectivity index is 1.44. The van der Waals surface area contributed by atoms with Crippen molar-refractivity contribution in [3.05, 3.63) is 95.2 Å². The normalized spacial score (nSPS) is 12.8. The highest BCUT2D eigenvalue weighted by molar-refractivity contribution is 6.21. The molecule has 4 aromatic rings. The number of carbonyl (C=O) groups is 3. The first kappa shape index (κ1) is 20.5. The van der Waals surface area contributed by atoms with Crippen LogP contribution in [-0.2, 0) is 6.54 Å². The topological polar surface area (TPSA) is 91.5 Å². The fourth-order valence-electron chi connectivity index (χ4n) is 4.08. The molecule has 3 amide bonds. The van der Waals surface area contributed by atoms with Crippen molar-refractivity contribution in [3.63, 3.8) is 0 Å². The summed E-state index contributed by atoms with van der Waals surface area (Å²) in [6.45, 7) is 2.30. The van der Waals surface area contributed by atoms with Crippen LogP contribution in [0, 0.1) is 0 Å². The van der Waals surface area contributed by atoms with Crippen molar-refractivity contribution in [1.82, 2.24) is 9.88 Å². The molecule has 0 atom stereocenters. The number of nitrogens with one attached hydrogen (secondary N) is 2. The summed E-state index contributed by atoms with van der Waals surface area (Å²) in [5.41, 5.74) is 3.36. The second-order valence-electron chi connectivity index (χ2n) is 7.70. The Labute approximate surface area is 190 Å². The average Bonchev–Trinajstić information content (AvgIpc) is 3.40. The number of imide groups is 1. The number of hydrogen-bond donors (Lipinski definition) is 2. The number of H-pyrrole nitrogens is 1. The fraction of sp³-hybridized carbons (Fsp3) is 0.115. The molecule has 2 N–H and O–H groups in total. The standard InChI is InChI=1S/C26H21N3O4/c1-2-33-23-11-10-16(15-29-25(31)17-6-3-4-7-18(17)26(29)32)14-20(23)24(30)28-22-9-5-8-21-19(22)12-13-27-21/h3-14,27H,2,15H2,1H3,(H,28,30). The number of carbonyl (C=O) groups excluding carboxylic acids is 3. The van der Waals surface area contributed by atoms with Crippen LogP contribution in [0.2, 0.25) is 0 Å². The SMILES string of the molecule is CCOc1ccc(CN2C(=O)c3ccccc3C2=O)cc1C(=O)Nc1cccc2[nH]ccc12. The molecular formula is C26H21N3O4. The second kappa shape index (κ2) is 8.27. The highest BCUT2D eigenvalue weighted by Gasteiger charge is 2.35. The third kappa shape index (κ3) is 3.63. The van der Waals surface area contributed by atoms with Gasteiger partial charge >= 0.3 is 0 Å². The van der Waals surface area contributed by atoms with Gasteiger partial charge in [-0.1, -0.05) is 24.3 Å². The number of ether oxygens (including phenoxy) is 1. The van der Waals surface area contributed by atoms with Crippen LogP contribution in [0.15, 0.2) is 72.9 Å². The van der Waals surface area contributed by atoms with Gasteiger partial charge in [0.2, 0.25) is 0 Å². The quantitative estimate of drug-likeness (QED) is 0.429. The smallest absolute Gasteiger partial charge is 0.261 e. The molecule has 33 heavy (non-hydrogen) atoms. The highest BCUT2D eigenvalue weighted by atomic mass is 16.5. The van der Waals surface area contributed by atoms with Crippen molar-refractivity contribution in [2.24, 2.45) is 0 Å². The van der Waals surface area contributed by atoms with Gasteiger partial charge in [0.05, 0.1) is 35.5 Å². The molecule has 7 heteroatoms. The van der Waals surface area contributed by atoms with E-state index in [9.17, 15) is 14.4 Å². The Bertz CT molecular complexity index is 1370. The van der Waals surface area contributed by atoms with E-state index >= 15 is 0 Å². The molecular weight excluding hydrogens is 418 g/mol. The maximum Gasteiger partial charge on any atom is 0.261 e. The molecule has 1 aromatic heterocycles. The molecule has 3 aromatic carbocycles. The Hall–Kier alpha value is -4.39. The minimum Gasteiger partial charge on any atom is -0.493 e. The van der Waals surface area contributed by atoms with E-state index in [1.54, 1.807) is 42.5 Å². The summed E-state index contributed by atoms with van der Waals surface area (Å²) in [4.78, 5) is 43.0. The van der Waals surface area contributed by atoms with Gasteiger partial charge in [-0.2, -0.15) is 0 Å². The minimum atomic E-state index is -0.338. The monoisotopic (exact) mass is 439 g/mol. The Morgan fingerprint density at radius 3 is 2.45 bits per heavy atom. The van der Waals surface area contributed by atoms with E-state index in [0.29, 0.717) is 40.3 Å². The predicted molar refractivity (Wildman–Crippen MR) is 125 cm³/mol. The van der Waals surface area contributed by atoms with Gasteiger partial charge in [0.15, 0.2) is 0 Å². The lowest BCUT2D eigenvalue weighted by molar-refractivity contribution is 0.0642. The lowest BCUT2D eigenvalue weighted by Gasteiger charge is -2.16. The van der Waals surface area contributed by atoms with E-state index in [4.69, 9.17) is 4.74 Å². The molecule has 0 fully saturated rings. The molecule has 164 valence electrons. The number of fused-ring (bicyclic) bond motifs is 2. The zero-order valence-corrected chi connectivity index (χ0v) is 17.9. The van der Waals surface area contributed by atoms with E-state index in [1.807, 2.05) is 37.4 Å². The van der Waals surface area contributed by atoms with Gasteiger partial charge in [0, 0.05) is 17.1 Å². The Kier molecular flexibility index (Phi) is 5.14. The number of aromatic nitrogens is 1. The van der Waals surface area contributed by atoms with Gasteiger partial charge < -0.3 is 15.0 Å². The van der Waals surface area contributed by atoms with Crippen molar-refractivity contribution in [2.75, 3.05) is 11.9 Å². The first-order valence-corrected chi connectivity index (χ1v) is 10.6. The zero-order chi connectivity index (χ0) is 22.9. The molecule has 1 aliphatic heterocycles. The van der Waals surface area contributed by atoms with Crippen molar-refractivity contribution >= 4 is 34.3 Å². The summed E-state index contributed by atoms with van der Waals surface area (Å²) >= 11 is 0. The molecule has 0 unspecified atom stereocenters.